The third kappa shape index (κ3) is 3.44. The highest BCUT2D eigenvalue weighted by molar-refractivity contribution is 5.82. The van der Waals surface area contributed by atoms with E-state index >= 15 is 0 Å². The summed E-state index contributed by atoms with van der Waals surface area (Å²) < 4.78 is 43.3. The van der Waals surface area contributed by atoms with E-state index in [0.717, 1.165) is 12.1 Å². The third-order valence-electron chi connectivity index (χ3n) is 4.20. The Balaban J connectivity index is 1.65. The molecule has 4 nitrogen and oxygen atoms in total. The van der Waals surface area contributed by atoms with Gasteiger partial charge in [0.25, 0.3) is 0 Å². The van der Waals surface area contributed by atoms with Gasteiger partial charge in [-0.3, -0.25) is 4.79 Å². The van der Waals surface area contributed by atoms with Crippen LogP contribution in [0.1, 0.15) is 34.9 Å². The summed E-state index contributed by atoms with van der Waals surface area (Å²) >= 11 is 0. The molecular weight excluding hydrogens is 321 g/mol. The van der Waals surface area contributed by atoms with Gasteiger partial charge in [0.05, 0.1) is 12.1 Å². The minimum absolute atomic E-state index is 0.0851. The summed E-state index contributed by atoms with van der Waals surface area (Å²) in [6.07, 6.45) is -3.80. The molecule has 1 saturated carbocycles. The monoisotopic (exact) mass is 338 g/mol. The quantitative estimate of drug-likeness (QED) is 0.853. The first kappa shape index (κ1) is 16.5. The van der Waals surface area contributed by atoms with E-state index in [1.165, 1.54) is 11.0 Å². The topological polar surface area (TPSA) is 46.3 Å². The average molecular weight is 338 g/mol. The fourth-order valence-electron chi connectivity index (χ4n) is 2.88. The highest BCUT2D eigenvalue weighted by atomic mass is 19.4. The number of carbonyl (C=O) groups excluding carboxylic acids is 1. The van der Waals surface area contributed by atoms with Crippen molar-refractivity contribution in [2.24, 2.45) is 5.92 Å². The van der Waals surface area contributed by atoms with Crippen molar-refractivity contribution in [1.82, 2.24) is 10.1 Å². The minimum atomic E-state index is -4.37. The van der Waals surface area contributed by atoms with E-state index in [1.807, 2.05) is 0 Å². The van der Waals surface area contributed by atoms with Crippen molar-refractivity contribution in [1.29, 1.82) is 0 Å². The summed E-state index contributed by atoms with van der Waals surface area (Å²) in [6.45, 7) is 2.09. The molecule has 0 aliphatic heterocycles. The zero-order valence-corrected chi connectivity index (χ0v) is 13.3. The second-order valence-corrected chi connectivity index (χ2v) is 6.20. The largest absolute Gasteiger partial charge is 0.416 e. The van der Waals surface area contributed by atoms with Crippen molar-refractivity contribution < 1.29 is 22.5 Å². The van der Waals surface area contributed by atoms with Crippen molar-refractivity contribution in [2.45, 2.75) is 32.0 Å². The lowest BCUT2D eigenvalue weighted by Crippen LogP contribution is -2.28. The SMILES string of the molecule is Cc1cc(CN(C)C(=O)[C@H]2C[C@H]2c2cccc(C(F)(F)F)c2)no1. The summed E-state index contributed by atoms with van der Waals surface area (Å²) in [5.74, 6) is 0.157. The average Bonchev–Trinajstić information content (AvgIpc) is 3.22. The Kier molecular flexibility index (Phi) is 4.11. The molecule has 1 aromatic heterocycles. The molecule has 1 heterocycles. The molecule has 3 rings (SSSR count). The Morgan fingerprint density at radius 2 is 2.12 bits per heavy atom. The molecule has 24 heavy (non-hydrogen) atoms. The number of alkyl halides is 3. The van der Waals surface area contributed by atoms with E-state index in [2.05, 4.69) is 5.16 Å². The van der Waals surface area contributed by atoms with Crippen LogP contribution in [0, 0.1) is 12.8 Å². The van der Waals surface area contributed by atoms with Crippen molar-refractivity contribution in [3.8, 4) is 0 Å². The van der Waals surface area contributed by atoms with Gasteiger partial charge < -0.3 is 9.42 Å². The summed E-state index contributed by atoms with van der Waals surface area (Å²) in [5.41, 5.74) is 0.540. The van der Waals surface area contributed by atoms with Crippen molar-refractivity contribution in [3.63, 3.8) is 0 Å². The van der Waals surface area contributed by atoms with Gasteiger partial charge in [0, 0.05) is 19.0 Å². The lowest BCUT2D eigenvalue weighted by atomic mass is 10.1. The Labute approximate surface area is 137 Å². The Hall–Kier alpha value is -2.31. The molecule has 0 unspecified atom stereocenters. The van der Waals surface area contributed by atoms with Gasteiger partial charge in [-0.2, -0.15) is 13.2 Å². The van der Waals surface area contributed by atoms with Gasteiger partial charge in [0.1, 0.15) is 11.5 Å². The van der Waals surface area contributed by atoms with Crippen LogP contribution in [-0.4, -0.2) is 23.0 Å². The molecule has 0 N–H and O–H groups in total. The van der Waals surface area contributed by atoms with Crippen LogP contribution < -0.4 is 0 Å². The molecule has 1 aliphatic carbocycles. The molecule has 1 fully saturated rings. The number of nitrogens with zero attached hydrogens (tertiary/aromatic N) is 2. The van der Waals surface area contributed by atoms with Gasteiger partial charge in [-0.25, -0.2) is 0 Å². The minimum Gasteiger partial charge on any atom is -0.361 e. The summed E-state index contributed by atoms with van der Waals surface area (Å²) in [7, 11) is 1.66. The normalized spacial score (nSPS) is 20.0. The van der Waals surface area contributed by atoms with E-state index in [4.69, 9.17) is 4.52 Å². The van der Waals surface area contributed by atoms with Gasteiger partial charge in [0.15, 0.2) is 0 Å². The number of aromatic nitrogens is 1. The van der Waals surface area contributed by atoms with Gasteiger partial charge in [-0.05, 0) is 30.9 Å². The predicted molar refractivity (Wildman–Crippen MR) is 80.0 cm³/mol. The van der Waals surface area contributed by atoms with Crippen molar-refractivity contribution >= 4 is 5.91 Å². The number of carbonyl (C=O) groups is 1. The fraction of sp³-hybridized carbons (Fsp3) is 0.412. The first-order valence-electron chi connectivity index (χ1n) is 7.60. The third-order valence-corrected chi connectivity index (χ3v) is 4.20. The van der Waals surface area contributed by atoms with Crippen LogP contribution in [0.3, 0.4) is 0 Å². The lowest BCUT2D eigenvalue weighted by Gasteiger charge is -2.15. The lowest BCUT2D eigenvalue weighted by molar-refractivity contribution is -0.137. The van der Waals surface area contributed by atoms with Crippen LogP contribution in [0.15, 0.2) is 34.9 Å². The molecule has 1 aliphatic rings. The fourth-order valence-corrected chi connectivity index (χ4v) is 2.88. The Morgan fingerprint density at radius 3 is 2.75 bits per heavy atom. The molecule has 0 bridgehead atoms. The molecule has 1 aromatic carbocycles. The van der Waals surface area contributed by atoms with E-state index in [-0.39, 0.29) is 17.7 Å². The second kappa shape index (κ2) is 5.96. The van der Waals surface area contributed by atoms with Gasteiger partial charge >= 0.3 is 6.18 Å². The maximum Gasteiger partial charge on any atom is 0.416 e. The van der Waals surface area contributed by atoms with Crippen LogP contribution in [-0.2, 0) is 17.5 Å². The van der Waals surface area contributed by atoms with Crippen LogP contribution in [0.25, 0.3) is 0 Å². The number of hydrogen-bond donors (Lipinski definition) is 0. The molecule has 128 valence electrons. The number of hydrogen-bond acceptors (Lipinski definition) is 3. The van der Waals surface area contributed by atoms with Crippen molar-refractivity contribution in [3.05, 3.63) is 52.9 Å². The van der Waals surface area contributed by atoms with E-state index in [9.17, 15) is 18.0 Å². The van der Waals surface area contributed by atoms with Gasteiger partial charge in [0.2, 0.25) is 5.91 Å². The molecule has 2 aromatic rings. The Morgan fingerprint density at radius 1 is 1.38 bits per heavy atom. The van der Waals surface area contributed by atoms with Gasteiger partial charge in [-0.15, -0.1) is 0 Å². The number of aryl methyl sites for hydroxylation is 1. The molecule has 0 saturated heterocycles. The number of rotatable bonds is 4. The first-order chi connectivity index (χ1) is 11.3. The summed E-state index contributed by atoms with van der Waals surface area (Å²) in [4.78, 5) is 14.0. The smallest absolute Gasteiger partial charge is 0.361 e. The highest BCUT2D eigenvalue weighted by Crippen LogP contribution is 2.49. The molecule has 2 atom stereocenters. The summed E-state index contributed by atoms with van der Waals surface area (Å²) in [5, 5.41) is 3.84. The summed E-state index contributed by atoms with van der Waals surface area (Å²) in [6, 6.07) is 6.97. The maximum atomic E-state index is 12.8. The number of halogens is 3. The van der Waals surface area contributed by atoms with Crippen LogP contribution in [0.4, 0.5) is 13.2 Å². The van der Waals surface area contributed by atoms with Crippen LogP contribution >= 0.6 is 0 Å². The van der Waals surface area contributed by atoms with Gasteiger partial charge in [-0.1, -0.05) is 23.4 Å². The highest BCUT2D eigenvalue weighted by Gasteiger charge is 2.45. The van der Waals surface area contributed by atoms with Crippen molar-refractivity contribution in [2.75, 3.05) is 7.05 Å². The maximum absolute atomic E-state index is 12.8. The molecular formula is C17H17F3N2O2. The number of amides is 1. The van der Waals surface area contributed by atoms with Crippen LogP contribution in [0.5, 0.6) is 0 Å². The molecule has 0 radical (unpaired) electrons. The van der Waals surface area contributed by atoms with E-state index in [1.54, 1.807) is 26.1 Å². The zero-order chi connectivity index (χ0) is 17.5. The number of benzene rings is 1. The second-order valence-electron chi connectivity index (χ2n) is 6.20. The molecule has 1 amide bonds. The zero-order valence-electron chi connectivity index (χ0n) is 13.3. The molecule has 0 spiro atoms. The molecule has 7 heteroatoms. The van der Waals surface area contributed by atoms with E-state index < -0.39 is 11.7 Å². The van der Waals surface area contributed by atoms with Crippen LogP contribution in [0.2, 0.25) is 0 Å². The predicted octanol–water partition coefficient (Wildman–Crippen LogP) is 3.76. The first-order valence-corrected chi connectivity index (χ1v) is 7.60. The standard InChI is InChI=1S/C17H17F3N2O2/c1-10-6-13(21-24-10)9-22(2)16(23)15-8-14(15)11-4-3-5-12(7-11)17(18,19)20/h3-7,14-15H,8-9H2,1-2H3/t14-,15-/m0/s1. The Bertz CT molecular complexity index is 754. The van der Waals surface area contributed by atoms with E-state index in [0.29, 0.717) is 30.0 Å².